The summed E-state index contributed by atoms with van der Waals surface area (Å²) in [5, 5.41) is 3.36. The van der Waals surface area contributed by atoms with Gasteiger partial charge in [-0.15, -0.1) is 0 Å². The highest BCUT2D eigenvalue weighted by Crippen LogP contribution is 2.20. The lowest BCUT2D eigenvalue weighted by atomic mass is 10.0. The molecule has 0 bridgehead atoms. The summed E-state index contributed by atoms with van der Waals surface area (Å²) >= 11 is 0. The van der Waals surface area contributed by atoms with Crippen LogP contribution in [0.1, 0.15) is 30.1 Å². The fourth-order valence-corrected chi connectivity index (χ4v) is 2.16. The van der Waals surface area contributed by atoms with Crippen LogP contribution in [-0.2, 0) is 0 Å². The number of ketones is 1. The molecule has 1 aliphatic heterocycles. The zero-order valence-corrected chi connectivity index (χ0v) is 10.2. The number of carbonyl (C=O) groups excluding carboxylic acids is 1. The molecule has 2 rings (SSSR count). The van der Waals surface area contributed by atoms with Crippen molar-refractivity contribution in [3.63, 3.8) is 0 Å². The van der Waals surface area contributed by atoms with Gasteiger partial charge in [0.25, 0.3) is 0 Å². The molecule has 1 fully saturated rings. The number of rotatable bonds is 4. The van der Waals surface area contributed by atoms with Gasteiger partial charge in [0, 0.05) is 12.5 Å². The third kappa shape index (κ3) is 3.30. The van der Waals surface area contributed by atoms with Crippen LogP contribution in [0.4, 0.5) is 0 Å². The van der Waals surface area contributed by atoms with Crippen molar-refractivity contribution in [1.82, 2.24) is 5.32 Å². The van der Waals surface area contributed by atoms with Gasteiger partial charge in [-0.2, -0.15) is 0 Å². The number of Topliss-reactive ketones (excluding diaryl/α,β-unsaturated/α-hetero) is 1. The third-order valence-corrected chi connectivity index (χ3v) is 3.14. The van der Waals surface area contributed by atoms with Crippen LogP contribution in [0.3, 0.4) is 0 Å². The number of carbonyl (C=O) groups is 1. The highest BCUT2D eigenvalue weighted by atomic mass is 16.5. The molecule has 0 aliphatic carbocycles. The lowest BCUT2D eigenvalue weighted by Crippen LogP contribution is -2.33. The molecule has 1 aromatic rings. The molecule has 0 aromatic heterocycles. The molecule has 0 radical (unpaired) electrons. The highest BCUT2D eigenvalue weighted by molar-refractivity contribution is 5.96. The molecule has 1 unspecified atom stereocenters. The van der Waals surface area contributed by atoms with Crippen molar-refractivity contribution in [2.75, 3.05) is 19.7 Å². The summed E-state index contributed by atoms with van der Waals surface area (Å²) < 4.78 is 5.78. The van der Waals surface area contributed by atoms with Crippen LogP contribution < -0.4 is 10.1 Å². The number of benzene rings is 1. The van der Waals surface area contributed by atoms with Crippen LogP contribution in [0.25, 0.3) is 0 Å². The zero-order chi connectivity index (χ0) is 12.1. The first kappa shape index (κ1) is 12.1. The zero-order valence-electron chi connectivity index (χ0n) is 10.2. The van der Waals surface area contributed by atoms with Crippen LogP contribution in [0.15, 0.2) is 24.3 Å². The first-order valence-electron chi connectivity index (χ1n) is 6.21. The second-order valence-electron chi connectivity index (χ2n) is 4.58. The van der Waals surface area contributed by atoms with Gasteiger partial charge in [0.05, 0.1) is 12.2 Å². The van der Waals surface area contributed by atoms with Gasteiger partial charge < -0.3 is 10.1 Å². The number of nitrogens with one attached hydrogen (secondary N) is 1. The van der Waals surface area contributed by atoms with Gasteiger partial charge in [-0.25, -0.2) is 0 Å². The Hall–Kier alpha value is -1.35. The van der Waals surface area contributed by atoms with Crippen LogP contribution in [0.2, 0.25) is 0 Å². The predicted octanol–water partition coefficient (Wildman–Crippen LogP) is 2.27. The monoisotopic (exact) mass is 233 g/mol. The van der Waals surface area contributed by atoms with Gasteiger partial charge in [-0.05, 0) is 38.4 Å². The smallest absolute Gasteiger partial charge is 0.163 e. The molecule has 1 heterocycles. The Morgan fingerprint density at radius 2 is 2.29 bits per heavy atom. The van der Waals surface area contributed by atoms with Crippen molar-refractivity contribution in [3.8, 4) is 5.75 Å². The molecule has 0 spiro atoms. The van der Waals surface area contributed by atoms with Crippen molar-refractivity contribution in [3.05, 3.63) is 29.8 Å². The molecule has 17 heavy (non-hydrogen) atoms. The fraction of sp³-hybridized carbons (Fsp3) is 0.500. The first-order chi connectivity index (χ1) is 8.27. The van der Waals surface area contributed by atoms with E-state index in [1.54, 1.807) is 6.92 Å². The van der Waals surface area contributed by atoms with Crippen LogP contribution in [-0.4, -0.2) is 25.5 Å². The van der Waals surface area contributed by atoms with Crippen molar-refractivity contribution in [1.29, 1.82) is 0 Å². The molecule has 92 valence electrons. The van der Waals surface area contributed by atoms with Crippen molar-refractivity contribution in [2.45, 2.75) is 19.8 Å². The van der Waals surface area contributed by atoms with E-state index >= 15 is 0 Å². The number of hydrogen-bond acceptors (Lipinski definition) is 3. The lowest BCUT2D eigenvalue weighted by Gasteiger charge is -2.23. The summed E-state index contributed by atoms with van der Waals surface area (Å²) in [7, 11) is 0. The van der Waals surface area contributed by atoms with Crippen molar-refractivity contribution in [2.24, 2.45) is 5.92 Å². The number of hydrogen-bond donors (Lipinski definition) is 1. The average Bonchev–Trinajstić information content (AvgIpc) is 2.38. The Morgan fingerprint density at radius 3 is 3.00 bits per heavy atom. The summed E-state index contributed by atoms with van der Waals surface area (Å²) in [6.45, 7) is 4.39. The van der Waals surface area contributed by atoms with Crippen LogP contribution in [0.5, 0.6) is 5.75 Å². The van der Waals surface area contributed by atoms with Gasteiger partial charge in [0.1, 0.15) is 5.75 Å². The third-order valence-electron chi connectivity index (χ3n) is 3.14. The maximum atomic E-state index is 11.4. The predicted molar refractivity (Wildman–Crippen MR) is 67.5 cm³/mol. The molecule has 1 N–H and O–H groups in total. The van der Waals surface area contributed by atoms with E-state index in [1.165, 1.54) is 12.8 Å². The molecular weight excluding hydrogens is 214 g/mol. The minimum absolute atomic E-state index is 0.0577. The number of ether oxygens (including phenoxy) is 1. The van der Waals surface area contributed by atoms with Crippen molar-refractivity contribution >= 4 is 5.78 Å². The topological polar surface area (TPSA) is 38.3 Å². The lowest BCUT2D eigenvalue weighted by molar-refractivity contribution is 0.101. The standard InChI is InChI=1S/C14H19NO2/c1-11(16)13-6-2-3-7-14(13)17-10-12-5-4-8-15-9-12/h2-3,6-7,12,15H,4-5,8-10H2,1H3. The fourth-order valence-electron chi connectivity index (χ4n) is 2.16. The SMILES string of the molecule is CC(=O)c1ccccc1OCC1CCCNC1. The molecule has 1 atom stereocenters. The normalized spacial score (nSPS) is 19.9. The Bertz CT molecular complexity index is 384. The minimum Gasteiger partial charge on any atom is -0.492 e. The Kier molecular flexibility index (Phi) is 4.15. The van der Waals surface area contributed by atoms with Crippen molar-refractivity contribution < 1.29 is 9.53 Å². The molecule has 1 aromatic carbocycles. The molecule has 1 aliphatic rings. The van der Waals surface area contributed by atoms with Crippen LogP contribution >= 0.6 is 0 Å². The minimum atomic E-state index is 0.0577. The quantitative estimate of drug-likeness (QED) is 0.811. The second kappa shape index (κ2) is 5.82. The second-order valence-corrected chi connectivity index (χ2v) is 4.58. The van der Waals surface area contributed by atoms with E-state index in [0.29, 0.717) is 23.8 Å². The summed E-state index contributed by atoms with van der Waals surface area (Å²) in [6.07, 6.45) is 2.41. The summed E-state index contributed by atoms with van der Waals surface area (Å²) in [5.41, 5.74) is 0.677. The Labute approximate surface area is 102 Å². The van der Waals surface area contributed by atoms with E-state index in [-0.39, 0.29) is 5.78 Å². The van der Waals surface area contributed by atoms with Gasteiger partial charge in [-0.1, -0.05) is 12.1 Å². The van der Waals surface area contributed by atoms with Gasteiger partial charge in [0.15, 0.2) is 5.78 Å². The van der Waals surface area contributed by atoms with E-state index in [9.17, 15) is 4.79 Å². The number of piperidine rings is 1. The molecular formula is C14H19NO2. The number of para-hydroxylation sites is 1. The largest absolute Gasteiger partial charge is 0.492 e. The summed E-state index contributed by atoms with van der Waals surface area (Å²) in [5.74, 6) is 1.33. The molecule has 0 saturated carbocycles. The molecule has 3 nitrogen and oxygen atoms in total. The Balaban J connectivity index is 1.96. The van der Waals surface area contributed by atoms with E-state index in [4.69, 9.17) is 4.74 Å². The summed E-state index contributed by atoms with van der Waals surface area (Å²) in [6, 6.07) is 7.45. The maximum Gasteiger partial charge on any atom is 0.163 e. The van der Waals surface area contributed by atoms with Crippen LogP contribution in [0, 0.1) is 5.92 Å². The molecule has 0 amide bonds. The van der Waals surface area contributed by atoms with Gasteiger partial charge in [0.2, 0.25) is 0 Å². The van der Waals surface area contributed by atoms with Gasteiger partial charge in [-0.3, -0.25) is 4.79 Å². The van der Waals surface area contributed by atoms with E-state index in [0.717, 1.165) is 13.1 Å². The average molecular weight is 233 g/mol. The Morgan fingerprint density at radius 1 is 1.47 bits per heavy atom. The molecule has 3 heteroatoms. The van der Waals surface area contributed by atoms with E-state index in [1.807, 2.05) is 24.3 Å². The van der Waals surface area contributed by atoms with E-state index < -0.39 is 0 Å². The maximum absolute atomic E-state index is 11.4. The molecule has 1 saturated heterocycles. The van der Waals surface area contributed by atoms with E-state index in [2.05, 4.69) is 5.32 Å². The van der Waals surface area contributed by atoms with Gasteiger partial charge >= 0.3 is 0 Å². The summed E-state index contributed by atoms with van der Waals surface area (Å²) in [4.78, 5) is 11.4. The highest BCUT2D eigenvalue weighted by Gasteiger charge is 2.15. The first-order valence-corrected chi connectivity index (χ1v) is 6.21.